The molecule has 5 nitrogen and oxygen atoms in total. The van der Waals surface area contributed by atoms with Crippen LogP contribution in [0.25, 0.3) is 0 Å². The van der Waals surface area contributed by atoms with Crippen molar-refractivity contribution in [3.63, 3.8) is 0 Å². The Hall–Kier alpha value is -3.57. The molecule has 1 amide bonds. The Morgan fingerprint density at radius 3 is 2.17 bits per heavy atom. The van der Waals surface area contributed by atoms with E-state index < -0.39 is 0 Å². The number of nitrogens with one attached hydrogen (secondary N) is 1. The van der Waals surface area contributed by atoms with E-state index in [2.05, 4.69) is 5.32 Å². The summed E-state index contributed by atoms with van der Waals surface area (Å²) in [6, 6.07) is 19.9. The van der Waals surface area contributed by atoms with Gasteiger partial charge in [0.1, 0.15) is 0 Å². The molecule has 30 heavy (non-hydrogen) atoms. The second kappa shape index (κ2) is 8.05. The third-order valence-electron chi connectivity index (χ3n) is 5.21. The van der Waals surface area contributed by atoms with Gasteiger partial charge < -0.3 is 5.32 Å². The quantitative estimate of drug-likeness (QED) is 0.555. The van der Waals surface area contributed by atoms with Crippen LogP contribution in [0, 0.1) is 6.92 Å². The fourth-order valence-corrected chi connectivity index (χ4v) is 3.75. The van der Waals surface area contributed by atoms with E-state index >= 15 is 0 Å². The minimum Gasteiger partial charge on any atom is -0.324 e. The van der Waals surface area contributed by atoms with Crippen molar-refractivity contribution in [1.82, 2.24) is 4.90 Å². The predicted molar refractivity (Wildman–Crippen MR) is 116 cm³/mol. The van der Waals surface area contributed by atoms with Crippen LogP contribution in [0.5, 0.6) is 0 Å². The van der Waals surface area contributed by atoms with Crippen molar-refractivity contribution < 1.29 is 14.4 Å². The van der Waals surface area contributed by atoms with Crippen LogP contribution in [0.2, 0.25) is 0 Å². The van der Waals surface area contributed by atoms with E-state index in [0.717, 1.165) is 5.56 Å². The number of amides is 1. The molecule has 3 aromatic rings. The summed E-state index contributed by atoms with van der Waals surface area (Å²) in [5.41, 5.74) is 4.03. The number of fused-ring (bicyclic) bond motifs is 2. The summed E-state index contributed by atoms with van der Waals surface area (Å²) in [6.45, 7) is 2.83. The Kier molecular flexibility index (Phi) is 5.29. The molecule has 0 unspecified atom stereocenters. The molecule has 1 aliphatic carbocycles. The molecule has 150 valence electrons. The van der Waals surface area contributed by atoms with Crippen LogP contribution in [0.3, 0.4) is 0 Å². The number of carbonyl (C=O) groups excluding carboxylic acids is 3. The summed E-state index contributed by atoms with van der Waals surface area (Å²) in [5, 5.41) is 2.82. The first kappa shape index (κ1) is 19.7. The summed E-state index contributed by atoms with van der Waals surface area (Å²) in [6.07, 6.45) is 0. The maximum Gasteiger partial charge on any atom is 0.238 e. The smallest absolute Gasteiger partial charge is 0.238 e. The number of anilines is 1. The summed E-state index contributed by atoms with van der Waals surface area (Å²) in [4.78, 5) is 40.4. The lowest BCUT2D eigenvalue weighted by atomic mass is 9.83. The minimum atomic E-state index is -0.246. The molecule has 0 saturated carbocycles. The zero-order valence-electron chi connectivity index (χ0n) is 16.9. The highest BCUT2D eigenvalue weighted by Gasteiger charge is 2.31. The molecular weight excluding hydrogens is 376 g/mol. The Balaban J connectivity index is 1.52. The highest BCUT2D eigenvalue weighted by molar-refractivity contribution is 6.30. The topological polar surface area (TPSA) is 66.5 Å². The summed E-state index contributed by atoms with van der Waals surface area (Å²) in [5.74, 6) is -0.686. The number of hydrogen-bond acceptors (Lipinski definition) is 4. The van der Waals surface area contributed by atoms with Crippen LogP contribution >= 0.6 is 0 Å². The van der Waals surface area contributed by atoms with Crippen molar-refractivity contribution in [2.24, 2.45) is 0 Å². The summed E-state index contributed by atoms with van der Waals surface area (Å²) in [7, 11) is 1.87. The zero-order valence-corrected chi connectivity index (χ0v) is 16.9. The molecule has 0 radical (unpaired) electrons. The summed E-state index contributed by atoms with van der Waals surface area (Å²) < 4.78 is 0. The van der Waals surface area contributed by atoms with Crippen LogP contribution in [0.15, 0.2) is 66.7 Å². The highest BCUT2D eigenvalue weighted by Crippen LogP contribution is 2.31. The Morgan fingerprint density at radius 1 is 0.833 bits per heavy atom. The van der Waals surface area contributed by atoms with Gasteiger partial charge in [0.05, 0.1) is 17.8 Å². The largest absolute Gasteiger partial charge is 0.324 e. The number of aryl methyl sites for hydroxylation is 1. The molecule has 0 fully saturated rings. The number of rotatable bonds is 5. The normalized spacial score (nSPS) is 12.5. The van der Waals surface area contributed by atoms with Crippen molar-refractivity contribution >= 4 is 23.2 Å². The van der Waals surface area contributed by atoms with Gasteiger partial charge in [0.25, 0.3) is 0 Å². The van der Waals surface area contributed by atoms with E-state index in [1.165, 1.54) is 5.56 Å². The van der Waals surface area contributed by atoms with Crippen molar-refractivity contribution in [3.8, 4) is 0 Å². The number of likely N-dealkylation sites (N-methyl/N-ethyl adjacent to an activating group) is 1. The van der Waals surface area contributed by atoms with E-state index in [-0.39, 0.29) is 29.6 Å². The first-order valence-electron chi connectivity index (χ1n) is 9.79. The maximum absolute atomic E-state index is 13.0. The molecule has 0 aliphatic heterocycles. The van der Waals surface area contributed by atoms with Gasteiger partial charge in [-0.05, 0) is 25.6 Å². The zero-order chi connectivity index (χ0) is 21.3. The van der Waals surface area contributed by atoms with Crippen LogP contribution in [-0.4, -0.2) is 36.0 Å². The van der Waals surface area contributed by atoms with Crippen LogP contribution in [0.4, 0.5) is 5.69 Å². The monoisotopic (exact) mass is 398 g/mol. The molecule has 1 aliphatic rings. The van der Waals surface area contributed by atoms with Crippen LogP contribution in [0.1, 0.15) is 43.0 Å². The first-order chi connectivity index (χ1) is 14.4. The standard InChI is InChI=1S/C25H22N2O3/c1-16-10-12-17(13-11-16)14-27(2)15-22(28)26-21-9-5-8-20-23(21)25(30)19-7-4-3-6-18(19)24(20)29/h3-13H,14-15H2,1-2H3,(H,26,28). The van der Waals surface area contributed by atoms with E-state index in [0.29, 0.717) is 28.9 Å². The van der Waals surface area contributed by atoms with Crippen LogP contribution in [-0.2, 0) is 11.3 Å². The third kappa shape index (κ3) is 3.80. The van der Waals surface area contributed by atoms with Gasteiger partial charge in [0.2, 0.25) is 5.91 Å². The molecule has 0 spiro atoms. The first-order valence-corrected chi connectivity index (χ1v) is 9.79. The number of benzene rings is 3. The van der Waals surface area contributed by atoms with Gasteiger partial charge in [-0.25, -0.2) is 0 Å². The fourth-order valence-electron chi connectivity index (χ4n) is 3.75. The van der Waals surface area contributed by atoms with Crippen LogP contribution < -0.4 is 5.32 Å². The molecule has 0 atom stereocenters. The van der Waals surface area contributed by atoms with E-state index in [1.807, 2.05) is 43.1 Å². The summed E-state index contributed by atoms with van der Waals surface area (Å²) >= 11 is 0. The van der Waals surface area contributed by atoms with Gasteiger partial charge in [-0.2, -0.15) is 0 Å². The fraction of sp³-hybridized carbons (Fsp3) is 0.160. The molecular formula is C25H22N2O3. The lowest BCUT2D eigenvalue weighted by Gasteiger charge is -2.21. The molecule has 0 bridgehead atoms. The Morgan fingerprint density at radius 2 is 1.47 bits per heavy atom. The SMILES string of the molecule is Cc1ccc(CN(C)CC(=O)Nc2cccc3c2C(=O)c2ccccc2C3=O)cc1. The van der Waals surface area contributed by atoms with E-state index in [9.17, 15) is 14.4 Å². The van der Waals surface area contributed by atoms with E-state index in [1.54, 1.807) is 42.5 Å². The lowest BCUT2D eigenvalue weighted by Crippen LogP contribution is -2.31. The molecule has 1 N–H and O–H groups in total. The van der Waals surface area contributed by atoms with Gasteiger partial charge in [-0.15, -0.1) is 0 Å². The van der Waals surface area contributed by atoms with Gasteiger partial charge in [0.15, 0.2) is 11.6 Å². The third-order valence-corrected chi connectivity index (χ3v) is 5.21. The highest BCUT2D eigenvalue weighted by atomic mass is 16.2. The maximum atomic E-state index is 13.0. The average molecular weight is 398 g/mol. The Labute approximate surface area is 175 Å². The second-order valence-electron chi connectivity index (χ2n) is 7.64. The average Bonchev–Trinajstić information content (AvgIpc) is 2.73. The van der Waals surface area contributed by atoms with Crippen molar-refractivity contribution in [1.29, 1.82) is 0 Å². The molecule has 0 aromatic heterocycles. The molecule has 0 heterocycles. The molecule has 5 heteroatoms. The lowest BCUT2D eigenvalue weighted by molar-refractivity contribution is -0.117. The van der Waals surface area contributed by atoms with Gasteiger partial charge in [0, 0.05) is 23.2 Å². The van der Waals surface area contributed by atoms with Crippen molar-refractivity contribution in [3.05, 3.63) is 100 Å². The van der Waals surface area contributed by atoms with E-state index in [4.69, 9.17) is 0 Å². The number of hydrogen-bond donors (Lipinski definition) is 1. The molecule has 3 aromatic carbocycles. The number of nitrogens with zero attached hydrogens (tertiary/aromatic N) is 1. The predicted octanol–water partition coefficient (Wildman–Crippen LogP) is 3.84. The molecule has 0 saturated heterocycles. The van der Waals surface area contributed by atoms with Gasteiger partial charge in [-0.1, -0.05) is 66.2 Å². The minimum absolute atomic E-state index is 0.163. The van der Waals surface area contributed by atoms with Gasteiger partial charge in [-0.3, -0.25) is 19.3 Å². The van der Waals surface area contributed by atoms with Crippen molar-refractivity contribution in [2.75, 3.05) is 18.9 Å². The second-order valence-corrected chi connectivity index (χ2v) is 7.64. The number of carbonyl (C=O) groups is 3. The Bertz CT molecular complexity index is 1150. The van der Waals surface area contributed by atoms with Gasteiger partial charge >= 0.3 is 0 Å². The van der Waals surface area contributed by atoms with Crippen molar-refractivity contribution in [2.45, 2.75) is 13.5 Å². The molecule has 4 rings (SSSR count). The number of ketones is 2.